The van der Waals surface area contributed by atoms with E-state index in [2.05, 4.69) is 22.1 Å². The van der Waals surface area contributed by atoms with Crippen LogP contribution in [0.25, 0.3) is 10.7 Å². The zero-order valence-corrected chi connectivity index (χ0v) is 10.0. The molecule has 0 amide bonds. The Balaban J connectivity index is 2.39. The van der Waals surface area contributed by atoms with Gasteiger partial charge in [-0.3, -0.25) is 4.98 Å². The first-order chi connectivity index (χ1) is 7.70. The van der Waals surface area contributed by atoms with Crippen LogP contribution in [-0.4, -0.2) is 9.97 Å². The number of nitrogens with zero attached hydrogens (tertiary/aromatic N) is 3. The summed E-state index contributed by atoms with van der Waals surface area (Å²) in [7, 11) is 0. The third kappa shape index (κ3) is 2.10. The van der Waals surface area contributed by atoms with Gasteiger partial charge < -0.3 is 0 Å². The average Bonchev–Trinajstić information content (AvgIpc) is 2.67. The molecule has 0 aliphatic heterocycles. The van der Waals surface area contributed by atoms with Gasteiger partial charge in [0, 0.05) is 11.6 Å². The maximum Gasteiger partial charge on any atom is 0.142 e. The minimum atomic E-state index is 0.363. The molecule has 2 aromatic heterocycles. The summed E-state index contributed by atoms with van der Waals surface area (Å²) in [4.78, 5) is 8.78. The minimum absolute atomic E-state index is 0.363. The fraction of sp³-hybridized carbons (Fsp3) is 0.250. The molecule has 0 aromatic carbocycles. The van der Waals surface area contributed by atoms with Crippen molar-refractivity contribution in [2.24, 2.45) is 0 Å². The Kier molecular flexibility index (Phi) is 2.97. The number of aryl methyl sites for hydroxylation is 2. The minimum Gasteiger partial charge on any atom is -0.253 e. The van der Waals surface area contributed by atoms with Crippen LogP contribution in [0.4, 0.5) is 0 Å². The van der Waals surface area contributed by atoms with Crippen molar-refractivity contribution in [3.8, 4) is 16.8 Å². The summed E-state index contributed by atoms with van der Waals surface area (Å²) in [6.45, 7) is 4.05. The van der Waals surface area contributed by atoms with Gasteiger partial charge in [0.25, 0.3) is 0 Å². The van der Waals surface area contributed by atoms with E-state index in [1.165, 1.54) is 11.3 Å². The zero-order chi connectivity index (χ0) is 11.5. The maximum atomic E-state index is 8.59. The highest BCUT2D eigenvalue weighted by molar-refractivity contribution is 7.13. The van der Waals surface area contributed by atoms with Crippen LogP contribution >= 0.6 is 11.3 Å². The summed E-state index contributed by atoms with van der Waals surface area (Å²) in [5.41, 5.74) is 4.01. The van der Waals surface area contributed by atoms with Crippen molar-refractivity contribution in [1.82, 2.24) is 9.97 Å². The van der Waals surface area contributed by atoms with Gasteiger partial charge in [-0.2, -0.15) is 5.26 Å². The fourth-order valence-corrected chi connectivity index (χ4v) is 2.40. The normalized spacial score (nSPS) is 10.1. The van der Waals surface area contributed by atoms with E-state index in [0.29, 0.717) is 6.42 Å². The van der Waals surface area contributed by atoms with Crippen molar-refractivity contribution in [2.45, 2.75) is 20.3 Å². The second kappa shape index (κ2) is 4.42. The number of hydrogen-bond donors (Lipinski definition) is 0. The van der Waals surface area contributed by atoms with Crippen molar-refractivity contribution in [2.75, 3.05) is 0 Å². The highest BCUT2D eigenvalue weighted by Gasteiger charge is 2.08. The second-order valence-corrected chi connectivity index (χ2v) is 4.52. The van der Waals surface area contributed by atoms with Gasteiger partial charge in [0.15, 0.2) is 0 Å². The van der Waals surface area contributed by atoms with Crippen molar-refractivity contribution in [3.63, 3.8) is 0 Å². The summed E-state index contributed by atoms with van der Waals surface area (Å²) < 4.78 is 0. The molecule has 0 saturated carbocycles. The summed E-state index contributed by atoms with van der Waals surface area (Å²) >= 11 is 1.54. The van der Waals surface area contributed by atoms with Gasteiger partial charge in [0.05, 0.1) is 18.2 Å². The first-order valence-corrected chi connectivity index (χ1v) is 5.83. The van der Waals surface area contributed by atoms with Gasteiger partial charge in [-0.1, -0.05) is 6.07 Å². The van der Waals surface area contributed by atoms with Crippen LogP contribution in [0.1, 0.15) is 16.8 Å². The quantitative estimate of drug-likeness (QED) is 0.795. The molecule has 2 aromatic rings. The lowest BCUT2D eigenvalue weighted by atomic mass is 10.2. The molecule has 80 valence electrons. The van der Waals surface area contributed by atoms with Crippen LogP contribution in [0, 0.1) is 25.2 Å². The molecule has 0 radical (unpaired) electrons. The van der Waals surface area contributed by atoms with E-state index in [0.717, 1.165) is 27.5 Å². The Bertz CT molecular complexity index is 552. The van der Waals surface area contributed by atoms with E-state index in [4.69, 9.17) is 5.26 Å². The monoisotopic (exact) mass is 229 g/mol. The van der Waals surface area contributed by atoms with Gasteiger partial charge >= 0.3 is 0 Å². The lowest BCUT2D eigenvalue weighted by molar-refractivity contribution is 1.14. The molecular weight excluding hydrogens is 218 g/mol. The molecule has 0 aliphatic carbocycles. The Morgan fingerprint density at radius 1 is 1.44 bits per heavy atom. The lowest BCUT2D eigenvalue weighted by Gasteiger charge is -2.01. The lowest BCUT2D eigenvalue weighted by Crippen LogP contribution is -1.89. The van der Waals surface area contributed by atoms with E-state index in [1.54, 1.807) is 0 Å². The third-order valence-electron chi connectivity index (χ3n) is 2.23. The molecule has 0 atom stereocenters. The second-order valence-electron chi connectivity index (χ2n) is 3.66. The summed E-state index contributed by atoms with van der Waals surface area (Å²) in [5, 5.41) is 11.4. The predicted molar refractivity (Wildman–Crippen MR) is 64.1 cm³/mol. The van der Waals surface area contributed by atoms with E-state index in [1.807, 2.05) is 25.4 Å². The molecular formula is C12H11N3S. The zero-order valence-electron chi connectivity index (χ0n) is 9.19. The van der Waals surface area contributed by atoms with Gasteiger partial charge in [0.1, 0.15) is 10.7 Å². The molecule has 4 heteroatoms. The molecule has 0 aliphatic rings. The average molecular weight is 229 g/mol. The SMILES string of the molecule is Cc1cnc(-c2nc(CC#N)cs2)c(C)c1. The highest BCUT2D eigenvalue weighted by Crippen LogP contribution is 2.25. The maximum absolute atomic E-state index is 8.59. The van der Waals surface area contributed by atoms with E-state index >= 15 is 0 Å². The van der Waals surface area contributed by atoms with Gasteiger partial charge in [-0.15, -0.1) is 11.3 Å². The summed E-state index contributed by atoms with van der Waals surface area (Å²) in [6.07, 6.45) is 2.20. The number of aromatic nitrogens is 2. The van der Waals surface area contributed by atoms with Crippen molar-refractivity contribution in [1.29, 1.82) is 5.26 Å². The number of pyridine rings is 1. The highest BCUT2D eigenvalue weighted by atomic mass is 32.1. The molecule has 0 bridgehead atoms. The van der Waals surface area contributed by atoms with Crippen molar-refractivity contribution < 1.29 is 0 Å². The molecule has 2 heterocycles. The van der Waals surface area contributed by atoms with Crippen LogP contribution in [0.5, 0.6) is 0 Å². The predicted octanol–water partition coefficient (Wildman–Crippen LogP) is 2.89. The molecule has 0 unspecified atom stereocenters. The Morgan fingerprint density at radius 2 is 2.25 bits per heavy atom. The van der Waals surface area contributed by atoms with Gasteiger partial charge in [-0.05, 0) is 25.0 Å². The van der Waals surface area contributed by atoms with E-state index < -0.39 is 0 Å². The smallest absolute Gasteiger partial charge is 0.142 e. The molecule has 0 N–H and O–H groups in total. The molecule has 16 heavy (non-hydrogen) atoms. The largest absolute Gasteiger partial charge is 0.253 e. The first kappa shape index (κ1) is 10.8. The van der Waals surface area contributed by atoms with Crippen LogP contribution in [0.3, 0.4) is 0 Å². The van der Waals surface area contributed by atoms with Gasteiger partial charge in [-0.25, -0.2) is 4.98 Å². The molecule has 0 saturated heterocycles. The first-order valence-electron chi connectivity index (χ1n) is 4.95. The van der Waals surface area contributed by atoms with Gasteiger partial charge in [0.2, 0.25) is 0 Å². The van der Waals surface area contributed by atoms with Crippen molar-refractivity contribution in [3.05, 3.63) is 34.5 Å². The Labute approximate surface area is 98.4 Å². The van der Waals surface area contributed by atoms with Crippen molar-refractivity contribution >= 4 is 11.3 Å². The Morgan fingerprint density at radius 3 is 2.94 bits per heavy atom. The standard InChI is InChI=1S/C12H11N3S/c1-8-5-9(2)11(14-6-8)12-15-10(3-4-13)7-16-12/h5-7H,3H2,1-2H3. The number of hydrogen-bond acceptors (Lipinski definition) is 4. The Hall–Kier alpha value is -1.73. The van der Waals surface area contributed by atoms with Crippen LogP contribution < -0.4 is 0 Å². The molecule has 0 spiro atoms. The number of rotatable bonds is 2. The number of thiazole rings is 1. The van der Waals surface area contributed by atoms with E-state index in [-0.39, 0.29) is 0 Å². The van der Waals surface area contributed by atoms with Crippen LogP contribution in [0.2, 0.25) is 0 Å². The fourth-order valence-electron chi connectivity index (χ4n) is 1.52. The summed E-state index contributed by atoms with van der Waals surface area (Å²) in [6, 6.07) is 4.19. The number of nitriles is 1. The molecule has 3 nitrogen and oxygen atoms in total. The molecule has 0 fully saturated rings. The third-order valence-corrected chi connectivity index (χ3v) is 3.13. The topological polar surface area (TPSA) is 49.6 Å². The van der Waals surface area contributed by atoms with Crippen LogP contribution in [-0.2, 0) is 6.42 Å². The summed E-state index contributed by atoms with van der Waals surface area (Å²) in [5.74, 6) is 0. The van der Waals surface area contributed by atoms with E-state index in [9.17, 15) is 0 Å². The van der Waals surface area contributed by atoms with Crippen LogP contribution in [0.15, 0.2) is 17.6 Å². The molecule has 2 rings (SSSR count).